The molecule has 2 aromatic carbocycles. The van der Waals surface area contributed by atoms with Crippen LogP contribution in [0.2, 0.25) is 0 Å². The Balaban J connectivity index is 1.79. The highest BCUT2D eigenvalue weighted by molar-refractivity contribution is 5.97. The quantitative estimate of drug-likeness (QED) is 0.748. The molecule has 0 spiro atoms. The van der Waals surface area contributed by atoms with Gasteiger partial charge in [-0.05, 0) is 17.7 Å². The van der Waals surface area contributed by atoms with Crippen LogP contribution in [0.3, 0.4) is 0 Å². The maximum Gasteiger partial charge on any atom is 0.245 e. The highest BCUT2D eigenvalue weighted by atomic mass is 16.5. The summed E-state index contributed by atoms with van der Waals surface area (Å²) in [7, 11) is 3.32. The molecule has 1 N–H and O–H groups in total. The van der Waals surface area contributed by atoms with Gasteiger partial charge < -0.3 is 19.5 Å². The summed E-state index contributed by atoms with van der Waals surface area (Å²) in [6, 6.07) is 14.9. The number of methoxy groups -OCH3 is 1. The van der Waals surface area contributed by atoms with Crippen molar-refractivity contribution in [2.75, 3.05) is 20.7 Å². The molecular formula is C22H21N3O3. The van der Waals surface area contributed by atoms with Crippen molar-refractivity contribution in [1.29, 1.82) is 0 Å². The number of aromatic amines is 1. The van der Waals surface area contributed by atoms with Crippen LogP contribution in [-0.4, -0.2) is 53.3 Å². The van der Waals surface area contributed by atoms with Gasteiger partial charge >= 0.3 is 0 Å². The van der Waals surface area contributed by atoms with Crippen molar-refractivity contribution < 1.29 is 14.3 Å². The molecule has 142 valence electrons. The zero-order chi connectivity index (χ0) is 19.4. The van der Waals surface area contributed by atoms with Crippen molar-refractivity contribution >= 4 is 22.7 Å². The largest absolute Gasteiger partial charge is 0.496 e. The van der Waals surface area contributed by atoms with Crippen molar-refractivity contribution in [2.24, 2.45) is 0 Å². The molecule has 0 bridgehead atoms. The van der Waals surface area contributed by atoms with E-state index in [0.29, 0.717) is 12.2 Å². The van der Waals surface area contributed by atoms with Gasteiger partial charge in [0.2, 0.25) is 11.8 Å². The maximum absolute atomic E-state index is 13.1. The molecule has 5 rings (SSSR count). The number of H-pyrrole nitrogens is 1. The highest BCUT2D eigenvalue weighted by Gasteiger charge is 2.47. The average molecular weight is 375 g/mol. The molecule has 0 saturated carbocycles. The molecular weight excluding hydrogens is 354 g/mol. The van der Waals surface area contributed by atoms with Gasteiger partial charge in [0.15, 0.2) is 0 Å². The van der Waals surface area contributed by atoms with E-state index in [1.807, 2.05) is 42.5 Å². The fourth-order valence-corrected chi connectivity index (χ4v) is 4.62. The molecule has 2 aliphatic rings. The molecule has 6 heteroatoms. The number of hydrogen-bond acceptors (Lipinski definition) is 3. The lowest BCUT2D eigenvalue weighted by Crippen LogP contribution is -2.62. The second-order valence-electron chi connectivity index (χ2n) is 7.42. The minimum absolute atomic E-state index is 0.0181. The fraction of sp³-hybridized carbons (Fsp3) is 0.273. The minimum atomic E-state index is -0.507. The molecule has 1 fully saturated rings. The summed E-state index contributed by atoms with van der Waals surface area (Å²) in [5.74, 6) is 0.639. The summed E-state index contributed by atoms with van der Waals surface area (Å²) in [5.41, 5.74) is 3.96. The first kappa shape index (κ1) is 16.9. The second-order valence-corrected chi connectivity index (χ2v) is 7.42. The number of nitrogens with zero attached hydrogens (tertiary/aromatic N) is 2. The SMILES string of the molecule is COc1ccccc1C1c2[nH]c3ccccc3c2CC2C(=O)N(C)CC(=O)N21. The van der Waals surface area contributed by atoms with Crippen molar-refractivity contribution in [3.63, 3.8) is 0 Å². The number of amides is 2. The zero-order valence-electron chi connectivity index (χ0n) is 15.8. The second kappa shape index (κ2) is 6.12. The van der Waals surface area contributed by atoms with Gasteiger partial charge in [0.1, 0.15) is 17.8 Å². The number of aromatic nitrogens is 1. The van der Waals surface area contributed by atoms with Crippen LogP contribution in [0, 0.1) is 0 Å². The Bertz CT molecular complexity index is 1100. The monoisotopic (exact) mass is 375 g/mol. The molecule has 2 aliphatic heterocycles. The van der Waals surface area contributed by atoms with E-state index in [0.717, 1.165) is 27.7 Å². The van der Waals surface area contributed by atoms with Gasteiger partial charge in [-0.25, -0.2) is 0 Å². The summed E-state index contributed by atoms with van der Waals surface area (Å²) in [6.07, 6.45) is 0.514. The van der Waals surface area contributed by atoms with Gasteiger partial charge in [0.05, 0.1) is 13.7 Å². The first-order valence-corrected chi connectivity index (χ1v) is 9.38. The Kier molecular flexibility index (Phi) is 3.69. The molecule has 2 unspecified atom stereocenters. The van der Waals surface area contributed by atoms with E-state index in [1.165, 1.54) is 4.90 Å². The van der Waals surface area contributed by atoms with Gasteiger partial charge in [-0.3, -0.25) is 9.59 Å². The van der Waals surface area contributed by atoms with E-state index in [9.17, 15) is 9.59 Å². The predicted molar refractivity (Wildman–Crippen MR) is 105 cm³/mol. The van der Waals surface area contributed by atoms with E-state index in [4.69, 9.17) is 4.74 Å². The predicted octanol–water partition coefficient (Wildman–Crippen LogP) is 2.49. The first-order chi connectivity index (χ1) is 13.6. The third-order valence-corrected chi connectivity index (χ3v) is 5.89. The Morgan fingerprint density at radius 2 is 1.82 bits per heavy atom. The maximum atomic E-state index is 13.1. The molecule has 3 heterocycles. The van der Waals surface area contributed by atoms with Crippen molar-refractivity contribution in [2.45, 2.75) is 18.5 Å². The number of ether oxygens (including phenoxy) is 1. The summed E-state index contributed by atoms with van der Waals surface area (Å²) in [5, 5.41) is 1.10. The molecule has 0 radical (unpaired) electrons. The van der Waals surface area contributed by atoms with Crippen LogP contribution >= 0.6 is 0 Å². The van der Waals surface area contributed by atoms with E-state index < -0.39 is 6.04 Å². The third-order valence-electron chi connectivity index (χ3n) is 5.89. The first-order valence-electron chi connectivity index (χ1n) is 9.38. The number of carbonyl (C=O) groups is 2. The molecule has 0 aliphatic carbocycles. The van der Waals surface area contributed by atoms with Crippen LogP contribution in [0.4, 0.5) is 0 Å². The number of carbonyl (C=O) groups excluding carboxylic acids is 2. The Labute approximate surface area is 162 Å². The van der Waals surface area contributed by atoms with Crippen LogP contribution in [0.15, 0.2) is 48.5 Å². The Hall–Kier alpha value is -3.28. The molecule has 2 amide bonds. The highest BCUT2D eigenvalue weighted by Crippen LogP contribution is 2.44. The lowest BCUT2D eigenvalue weighted by molar-refractivity contribution is -0.157. The third kappa shape index (κ3) is 2.27. The Morgan fingerprint density at radius 3 is 2.64 bits per heavy atom. The van der Waals surface area contributed by atoms with E-state index in [2.05, 4.69) is 11.1 Å². The van der Waals surface area contributed by atoms with Crippen LogP contribution in [-0.2, 0) is 16.0 Å². The minimum Gasteiger partial charge on any atom is -0.496 e. The van der Waals surface area contributed by atoms with Crippen LogP contribution in [0.1, 0.15) is 22.9 Å². The number of para-hydroxylation sites is 2. The number of rotatable bonds is 2. The molecule has 1 aromatic heterocycles. The lowest BCUT2D eigenvalue weighted by atomic mass is 9.86. The molecule has 3 aromatic rings. The molecule has 6 nitrogen and oxygen atoms in total. The van der Waals surface area contributed by atoms with Crippen molar-refractivity contribution in [3.8, 4) is 5.75 Å². The number of hydrogen-bond donors (Lipinski definition) is 1. The molecule has 1 saturated heterocycles. The van der Waals surface area contributed by atoms with Crippen LogP contribution in [0.25, 0.3) is 10.9 Å². The summed E-state index contributed by atoms with van der Waals surface area (Å²) in [6.45, 7) is 0.0938. The number of fused-ring (bicyclic) bond motifs is 4. The van der Waals surface area contributed by atoms with Gasteiger partial charge in [-0.2, -0.15) is 0 Å². The topological polar surface area (TPSA) is 65.6 Å². The van der Waals surface area contributed by atoms with Crippen LogP contribution in [0.5, 0.6) is 5.75 Å². The number of piperazine rings is 1. The lowest BCUT2D eigenvalue weighted by Gasteiger charge is -2.46. The number of nitrogens with one attached hydrogen (secondary N) is 1. The normalized spacial score (nSPS) is 21.6. The van der Waals surface area contributed by atoms with Gasteiger partial charge in [-0.1, -0.05) is 36.4 Å². The zero-order valence-corrected chi connectivity index (χ0v) is 15.8. The Morgan fingerprint density at radius 1 is 1.07 bits per heavy atom. The van der Waals surface area contributed by atoms with Gasteiger partial charge in [0.25, 0.3) is 0 Å². The summed E-state index contributed by atoms with van der Waals surface area (Å²) >= 11 is 0. The van der Waals surface area contributed by atoms with Crippen molar-refractivity contribution in [1.82, 2.24) is 14.8 Å². The number of benzene rings is 2. The standard InChI is InChI=1S/C22H21N3O3/c1-24-12-19(26)25-17(22(24)27)11-15-13-7-3-5-9-16(13)23-20(15)21(25)14-8-4-6-10-18(14)28-2/h3-10,17,21,23H,11-12H2,1-2H3. The average Bonchev–Trinajstić information content (AvgIpc) is 3.09. The van der Waals surface area contributed by atoms with E-state index in [1.54, 1.807) is 19.1 Å². The van der Waals surface area contributed by atoms with Crippen molar-refractivity contribution in [3.05, 3.63) is 65.4 Å². The van der Waals surface area contributed by atoms with Crippen LogP contribution < -0.4 is 4.74 Å². The fourth-order valence-electron chi connectivity index (χ4n) is 4.62. The summed E-state index contributed by atoms with van der Waals surface area (Å²) < 4.78 is 5.60. The van der Waals surface area contributed by atoms with E-state index in [-0.39, 0.29) is 24.4 Å². The number of likely N-dealkylation sites (N-methyl/N-ethyl adjacent to an activating group) is 1. The smallest absolute Gasteiger partial charge is 0.245 e. The van der Waals surface area contributed by atoms with Gasteiger partial charge in [0, 0.05) is 35.6 Å². The molecule has 28 heavy (non-hydrogen) atoms. The van der Waals surface area contributed by atoms with Gasteiger partial charge in [-0.15, -0.1) is 0 Å². The molecule has 2 atom stereocenters. The van der Waals surface area contributed by atoms with E-state index >= 15 is 0 Å². The summed E-state index contributed by atoms with van der Waals surface area (Å²) in [4.78, 5) is 32.9.